The monoisotopic (exact) mass is 252 g/mol. The summed E-state index contributed by atoms with van der Waals surface area (Å²) in [7, 11) is -3.78. The van der Waals surface area contributed by atoms with Crippen molar-refractivity contribution >= 4 is 15.8 Å². The smallest absolute Gasteiger partial charge is 0.247 e. The number of sulfonamides is 1. The molecule has 90 valence electrons. The lowest BCUT2D eigenvalue weighted by Crippen LogP contribution is -2.32. The van der Waals surface area contributed by atoms with Gasteiger partial charge in [0.25, 0.3) is 0 Å². The molecule has 0 amide bonds. The lowest BCUT2D eigenvalue weighted by Gasteiger charge is -2.18. The summed E-state index contributed by atoms with van der Waals surface area (Å²) in [5.74, 6) is -0.490. The Kier molecular flexibility index (Phi) is 3.13. The molecule has 0 unspecified atom stereocenters. The molecule has 2 aliphatic rings. The second kappa shape index (κ2) is 4.43. The number of allylic oxidation sites excluding steroid dienone is 4. The van der Waals surface area contributed by atoms with Crippen LogP contribution in [0.4, 0.5) is 0 Å². The van der Waals surface area contributed by atoms with Crippen molar-refractivity contribution in [2.45, 2.75) is 19.3 Å². The van der Waals surface area contributed by atoms with E-state index in [2.05, 4.69) is 0 Å². The van der Waals surface area contributed by atoms with Crippen molar-refractivity contribution in [3.8, 4) is 6.07 Å². The average molecular weight is 252 g/mol. The van der Waals surface area contributed by atoms with Crippen molar-refractivity contribution in [2.75, 3.05) is 13.1 Å². The summed E-state index contributed by atoms with van der Waals surface area (Å²) in [5.41, 5.74) is -0.0480. The molecule has 0 saturated carbocycles. The van der Waals surface area contributed by atoms with E-state index in [0.29, 0.717) is 13.1 Å². The van der Waals surface area contributed by atoms with Crippen LogP contribution in [-0.2, 0) is 14.8 Å². The van der Waals surface area contributed by atoms with E-state index in [0.717, 1.165) is 12.8 Å². The first-order valence-electron chi connectivity index (χ1n) is 5.41. The summed E-state index contributed by atoms with van der Waals surface area (Å²) in [6.07, 6.45) is 4.58. The fraction of sp³-hybridized carbons (Fsp3) is 0.455. The van der Waals surface area contributed by atoms with Gasteiger partial charge in [-0.15, -0.1) is 0 Å². The zero-order valence-electron chi connectivity index (χ0n) is 9.22. The van der Waals surface area contributed by atoms with Crippen LogP contribution >= 0.6 is 0 Å². The van der Waals surface area contributed by atoms with Crippen molar-refractivity contribution in [2.24, 2.45) is 0 Å². The molecule has 1 saturated heterocycles. The van der Waals surface area contributed by atoms with Crippen LogP contribution in [0.5, 0.6) is 0 Å². The van der Waals surface area contributed by atoms with E-state index >= 15 is 0 Å². The topological polar surface area (TPSA) is 78.2 Å². The number of nitriles is 1. The van der Waals surface area contributed by atoms with Crippen LogP contribution in [0, 0.1) is 11.3 Å². The van der Waals surface area contributed by atoms with E-state index in [1.165, 1.54) is 16.5 Å². The molecule has 0 spiro atoms. The summed E-state index contributed by atoms with van der Waals surface area (Å²) in [4.78, 5) is 11.4. The Morgan fingerprint density at radius 3 is 2.53 bits per heavy atom. The molecule has 2 rings (SSSR count). The molecule has 6 heteroatoms. The second-order valence-corrected chi connectivity index (χ2v) is 5.87. The molecule has 0 aromatic carbocycles. The number of carbonyl (C=O) groups excluding carboxylic acids is 1. The van der Waals surface area contributed by atoms with Crippen molar-refractivity contribution < 1.29 is 13.2 Å². The van der Waals surface area contributed by atoms with Gasteiger partial charge in [-0.05, 0) is 18.9 Å². The third-order valence-corrected chi connectivity index (χ3v) is 4.88. The van der Waals surface area contributed by atoms with Gasteiger partial charge >= 0.3 is 0 Å². The van der Waals surface area contributed by atoms with Crippen LogP contribution in [0.3, 0.4) is 0 Å². The third kappa shape index (κ3) is 2.04. The zero-order valence-corrected chi connectivity index (χ0v) is 10.0. The second-order valence-electron chi connectivity index (χ2n) is 4.00. The minimum atomic E-state index is -3.78. The van der Waals surface area contributed by atoms with E-state index in [1.807, 2.05) is 0 Å². The van der Waals surface area contributed by atoms with Crippen LogP contribution in [0.15, 0.2) is 22.6 Å². The number of ketones is 1. The number of Topliss-reactive ketones (excluding diaryl/α,β-unsaturated/α-hetero) is 1. The van der Waals surface area contributed by atoms with Crippen LogP contribution in [0.2, 0.25) is 0 Å². The highest BCUT2D eigenvalue weighted by Gasteiger charge is 2.35. The molecule has 5 nitrogen and oxygen atoms in total. The largest absolute Gasteiger partial charge is 0.293 e. The van der Waals surface area contributed by atoms with Gasteiger partial charge in [0.2, 0.25) is 10.0 Å². The molecule has 0 atom stereocenters. The fourth-order valence-corrected chi connectivity index (χ4v) is 3.79. The summed E-state index contributed by atoms with van der Waals surface area (Å²) >= 11 is 0. The maximum absolute atomic E-state index is 12.2. The summed E-state index contributed by atoms with van der Waals surface area (Å²) < 4.78 is 25.7. The summed E-state index contributed by atoms with van der Waals surface area (Å²) in [5, 5.41) is 8.89. The van der Waals surface area contributed by atoms with Crippen LogP contribution in [-0.4, -0.2) is 31.6 Å². The van der Waals surface area contributed by atoms with Gasteiger partial charge in [-0.2, -0.15) is 9.57 Å². The zero-order chi connectivity index (χ0) is 12.5. The van der Waals surface area contributed by atoms with E-state index in [9.17, 15) is 13.2 Å². The summed E-state index contributed by atoms with van der Waals surface area (Å²) in [6.45, 7) is 0.864. The first kappa shape index (κ1) is 12.0. The van der Waals surface area contributed by atoms with Crippen molar-refractivity contribution in [1.29, 1.82) is 5.26 Å². The van der Waals surface area contributed by atoms with Gasteiger partial charge in [0.1, 0.15) is 11.0 Å². The molecule has 1 aliphatic heterocycles. The number of hydrogen-bond acceptors (Lipinski definition) is 4. The van der Waals surface area contributed by atoms with E-state index in [-0.39, 0.29) is 16.9 Å². The minimum absolute atomic E-state index is 0.0480. The number of hydrogen-bond donors (Lipinski definition) is 0. The molecule has 0 aromatic rings. The van der Waals surface area contributed by atoms with Crippen LogP contribution < -0.4 is 0 Å². The van der Waals surface area contributed by atoms with E-state index in [4.69, 9.17) is 5.26 Å². The molecule has 17 heavy (non-hydrogen) atoms. The molecule has 0 aromatic heterocycles. The Hall–Kier alpha value is -1.45. The molecule has 0 bridgehead atoms. The molecule has 1 heterocycles. The van der Waals surface area contributed by atoms with Crippen molar-refractivity contribution in [1.82, 2.24) is 4.31 Å². The maximum Gasteiger partial charge on any atom is 0.247 e. The number of rotatable bonds is 2. The predicted octanol–water partition coefficient (Wildman–Crippen LogP) is 0.719. The first-order chi connectivity index (χ1) is 8.07. The van der Waals surface area contributed by atoms with Crippen molar-refractivity contribution in [3.05, 3.63) is 22.6 Å². The number of carbonyl (C=O) groups is 1. The van der Waals surface area contributed by atoms with E-state index < -0.39 is 15.8 Å². The van der Waals surface area contributed by atoms with Gasteiger partial charge in [0, 0.05) is 19.5 Å². The van der Waals surface area contributed by atoms with Crippen LogP contribution in [0.1, 0.15) is 19.3 Å². The SMILES string of the molecule is N#CC1=C(S(=O)(=O)N2CCCC2)C(=O)CC=C1. The normalized spacial score (nSPS) is 21.9. The van der Waals surface area contributed by atoms with Crippen LogP contribution in [0.25, 0.3) is 0 Å². The standard InChI is InChI=1S/C11H12N2O3S/c12-8-9-4-3-5-10(14)11(9)17(15,16)13-6-1-2-7-13/h3-4H,1-2,5-7H2. The molecule has 0 radical (unpaired) electrons. The first-order valence-corrected chi connectivity index (χ1v) is 6.85. The highest BCUT2D eigenvalue weighted by molar-refractivity contribution is 7.94. The van der Waals surface area contributed by atoms with Gasteiger partial charge in [0.05, 0.1) is 5.57 Å². The third-order valence-electron chi connectivity index (χ3n) is 2.87. The molecular formula is C11H12N2O3S. The lowest BCUT2D eigenvalue weighted by atomic mass is 10.1. The Morgan fingerprint density at radius 1 is 1.29 bits per heavy atom. The minimum Gasteiger partial charge on any atom is -0.293 e. The molecule has 1 fully saturated rings. The molecule has 0 N–H and O–H groups in total. The van der Waals surface area contributed by atoms with Gasteiger partial charge in [-0.1, -0.05) is 6.08 Å². The maximum atomic E-state index is 12.2. The van der Waals surface area contributed by atoms with Gasteiger partial charge in [-0.3, -0.25) is 4.79 Å². The highest BCUT2D eigenvalue weighted by atomic mass is 32.2. The predicted molar refractivity (Wildman–Crippen MR) is 61.1 cm³/mol. The van der Waals surface area contributed by atoms with Gasteiger partial charge in [0.15, 0.2) is 5.78 Å². The fourth-order valence-electron chi connectivity index (χ4n) is 2.03. The number of nitrogens with zero attached hydrogens (tertiary/aromatic N) is 2. The highest BCUT2D eigenvalue weighted by Crippen LogP contribution is 2.26. The van der Waals surface area contributed by atoms with E-state index in [1.54, 1.807) is 6.07 Å². The van der Waals surface area contributed by atoms with Gasteiger partial charge < -0.3 is 0 Å². The lowest BCUT2D eigenvalue weighted by molar-refractivity contribution is -0.114. The average Bonchev–Trinajstić information content (AvgIpc) is 2.82. The quantitative estimate of drug-likeness (QED) is 0.725. The van der Waals surface area contributed by atoms with Crippen molar-refractivity contribution in [3.63, 3.8) is 0 Å². The Bertz CT molecular complexity index is 546. The summed E-state index contributed by atoms with van der Waals surface area (Å²) in [6, 6.07) is 1.78. The molecular weight excluding hydrogens is 240 g/mol. The molecule has 1 aliphatic carbocycles. The Labute approximate surface area is 100 Å². The Morgan fingerprint density at radius 2 is 1.94 bits per heavy atom. The van der Waals surface area contributed by atoms with Gasteiger partial charge in [-0.25, -0.2) is 8.42 Å². The Balaban J connectivity index is 2.50.